The SMILES string of the molecule is COC(=O)c1ccc(CC[C@@H](C)O)cc1C. The van der Waals surface area contributed by atoms with E-state index in [0.29, 0.717) is 5.56 Å². The lowest BCUT2D eigenvalue weighted by molar-refractivity contribution is 0.0600. The van der Waals surface area contributed by atoms with Gasteiger partial charge in [0, 0.05) is 0 Å². The van der Waals surface area contributed by atoms with Crippen LogP contribution in [0.3, 0.4) is 0 Å². The number of esters is 1. The standard InChI is InChI=1S/C13H18O3/c1-9-8-11(5-4-10(2)14)6-7-12(9)13(15)16-3/h6-8,10,14H,4-5H2,1-3H3/t10-/m1/s1. The smallest absolute Gasteiger partial charge is 0.338 e. The highest BCUT2D eigenvalue weighted by molar-refractivity contribution is 5.90. The molecule has 0 spiro atoms. The van der Waals surface area contributed by atoms with E-state index in [9.17, 15) is 9.90 Å². The van der Waals surface area contributed by atoms with E-state index in [1.807, 2.05) is 19.1 Å². The first-order valence-electron chi connectivity index (χ1n) is 5.40. The van der Waals surface area contributed by atoms with Crippen molar-refractivity contribution >= 4 is 5.97 Å². The molecule has 1 atom stereocenters. The van der Waals surface area contributed by atoms with Gasteiger partial charge in [0.25, 0.3) is 0 Å². The maximum atomic E-state index is 11.3. The maximum Gasteiger partial charge on any atom is 0.338 e. The van der Waals surface area contributed by atoms with E-state index < -0.39 is 0 Å². The zero-order valence-corrected chi connectivity index (χ0v) is 9.99. The van der Waals surface area contributed by atoms with Crippen molar-refractivity contribution in [1.29, 1.82) is 0 Å². The largest absolute Gasteiger partial charge is 0.465 e. The Morgan fingerprint density at radius 3 is 2.69 bits per heavy atom. The molecule has 0 heterocycles. The van der Waals surface area contributed by atoms with E-state index in [2.05, 4.69) is 4.74 Å². The minimum atomic E-state index is -0.306. The van der Waals surface area contributed by atoms with Crippen molar-refractivity contribution in [2.24, 2.45) is 0 Å². The molecule has 1 aromatic carbocycles. The molecule has 88 valence electrons. The van der Waals surface area contributed by atoms with Crippen LogP contribution in [0.2, 0.25) is 0 Å². The van der Waals surface area contributed by atoms with Gasteiger partial charge in [-0.15, -0.1) is 0 Å². The highest BCUT2D eigenvalue weighted by Crippen LogP contribution is 2.14. The van der Waals surface area contributed by atoms with Gasteiger partial charge in [-0.05, 0) is 43.9 Å². The number of aliphatic hydroxyl groups excluding tert-OH is 1. The maximum absolute atomic E-state index is 11.3. The summed E-state index contributed by atoms with van der Waals surface area (Å²) < 4.78 is 4.68. The Hall–Kier alpha value is -1.35. The van der Waals surface area contributed by atoms with Gasteiger partial charge >= 0.3 is 5.97 Å². The van der Waals surface area contributed by atoms with E-state index in [1.165, 1.54) is 7.11 Å². The zero-order chi connectivity index (χ0) is 12.1. The van der Waals surface area contributed by atoms with E-state index in [1.54, 1.807) is 13.0 Å². The Bertz CT molecular complexity index is 369. The fraction of sp³-hybridized carbons (Fsp3) is 0.462. The van der Waals surface area contributed by atoms with Crippen LogP contribution in [0.15, 0.2) is 18.2 Å². The molecule has 16 heavy (non-hydrogen) atoms. The Morgan fingerprint density at radius 1 is 1.50 bits per heavy atom. The predicted octanol–water partition coefficient (Wildman–Crippen LogP) is 2.10. The third kappa shape index (κ3) is 3.35. The van der Waals surface area contributed by atoms with Crippen LogP contribution in [0.5, 0.6) is 0 Å². The second-order valence-electron chi connectivity index (χ2n) is 4.03. The number of carbonyl (C=O) groups is 1. The Labute approximate surface area is 96.1 Å². The molecule has 0 aliphatic rings. The lowest BCUT2D eigenvalue weighted by Gasteiger charge is -2.08. The molecule has 1 aromatic rings. The first-order valence-corrected chi connectivity index (χ1v) is 5.40. The zero-order valence-electron chi connectivity index (χ0n) is 9.99. The molecule has 3 nitrogen and oxygen atoms in total. The van der Waals surface area contributed by atoms with Crippen LogP contribution in [0, 0.1) is 6.92 Å². The summed E-state index contributed by atoms with van der Waals surface area (Å²) in [5, 5.41) is 9.19. The number of carbonyl (C=O) groups excluding carboxylic acids is 1. The highest BCUT2D eigenvalue weighted by Gasteiger charge is 2.09. The third-order valence-corrected chi connectivity index (χ3v) is 2.55. The summed E-state index contributed by atoms with van der Waals surface area (Å²) >= 11 is 0. The van der Waals surface area contributed by atoms with Crippen molar-refractivity contribution in [2.45, 2.75) is 32.8 Å². The molecule has 0 fully saturated rings. The number of methoxy groups -OCH3 is 1. The van der Waals surface area contributed by atoms with Gasteiger partial charge in [0.1, 0.15) is 0 Å². The third-order valence-electron chi connectivity index (χ3n) is 2.55. The Balaban J connectivity index is 2.78. The fourth-order valence-electron chi connectivity index (χ4n) is 1.60. The van der Waals surface area contributed by atoms with Gasteiger partial charge in [0.2, 0.25) is 0 Å². The molecular formula is C13H18O3. The summed E-state index contributed by atoms with van der Waals surface area (Å²) in [6, 6.07) is 5.65. The number of hydrogen-bond donors (Lipinski definition) is 1. The van der Waals surface area contributed by atoms with Crippen molar-refractivity contribution in [2.75, 3.05) is 7.11 Å². The van der Waals surface area contributed by atoms with Gasteiger partial charge in [-0.2, -0.15) is 0 Å². The van der Waals surface area contributed by atoms with Gasteiger partial charge in [0.05, 0.1) is 18.8 Å². The van der Waals surface area contributed by atoms with Crippen LogP contribution in [-0.4, -0.2) is 24.3 Å². The summed E-state index contributed by atoms with van der Waals surface area (Å²) in [7, 11) is 1.38. The number of rotatable bonds is 4. The molecule has 1 N–H and O–H groups in total. The first kappa shape index (κ1) is 12.7. The molecule has 0 unspecified atom stereocenters. The lowest BCUT2D eigenvalue weighted by atomic mass is 10.0. The van der Waals surface area contributed by atoms with E-state index in [0.717, 1.165) is 24.0 Å². The number of benzene rings is 1. The van der Waals surface area contributed by atoms with Crippen molar-refractivity contribution in [3.8, 4) is 0 Å². The Kier molecular flexibility index (Phi) is 4.50. The molecule has 0 saturated carbocycles. The van der Waals surface area contributed by atoms with Crippen LogP contribution < -0.4 is 0 Å². The van der Waals surface area contributed by atoms with Crippen molar-refractivity contribution in [3.63, 3.8) is 0 Å². The average Bonchev–Trinajstić information content (AvgIpc) is 2.25. The minimum Gasteiger partial charge on any atom is -0.465 e. The van der Waals surface area contributed by atoms with Gasteiger partial charge < -0.3 is 9.84 Å². The first-order chi connectivity index (χ1) is 7.54. The van der Waals surface area contributed by atoms with Crippen LogP contribution in [0.25, 0.3) is 0 Å². The topological polar surface area (TPSA) is 46.5 Å². The van der Waals surface area contributed by atoms with Crippen LogP contribution >= 0.6 is 0 Å². The molecule has 0 bridgehead atoms. The van der Waals surface area contributed by atoms with Gasteiger partial charge in [-0.3, -0.25) is 0 Å². The van der Waals surface area contributed by atoms with Crippen molar-refractivity contribution in [3.05, 3.63) is 34.9 Å². The summed E-state index contributed by atoms with van der Waals surface area (Å²) in [6.07, 6.45) is 1.26. The van der Waals surface area contributed by atoms with Gasteiger partial charge in [0.15, 0.2) is 0 Å². The fourth-order valence-corrected chi connectivity index (χ4v) is 1.60. The molecule has 0 radical (unpaired) electrons. The predicted molar refractivity (Wildman–Crippen MR) is 62.5 cm³/mol. The second kappa shape index (κ2) is 5.66. The van der Waals surface area contributed by atoms with E-state index in [4.69, 9.17) is 0 Å². The summed E-state index contributed by atoms with van der Waals surface area (Å²) in [5.74, 6) is -0.306. The van der Waals surface area contributed by atoms with Crippen LogP contribution in [0.1, 0.15) is 34.8 Å². The molecule has 1 rings (SSSR count). The number of hydrogen-bond acceptors (Lipinski definition) is 3. The van der Waals surface area contributed by atoms with E-state index in [-0.39, 0.29) is 12.1 Å². The molecule has 0 amide bonds. The Morgan fingerprint density at radius 2 is 2.19 bits per heavy atom. The normalized spacial score (nSPS) is 12.2. The number of aliphatic hydroxyl groups is 1. The highest BCUT2D eigenvalue weighted by atomic mass is 16.5. The van der Waals surface area contributed by atoms with Gasteiger partial charge in [-0.25, -0.2) is 4.79 Å². The van der Waals surface area contributed by atoms with Gasteiger partial charge in [-0.1, -0.05) is 12.1 Å². The molecule has 0 aromatic heterocycles. The van der Waals surface area contributed by atoms with Crippen LogP contribution in [-0.2, 0) is 11.2 Å². The second-order valence-corrected chi connectivity index (χ2v) is 4.03. The summed E-state index contributed by atoms with van der Waals surface area (Å²) in [6.45, 7) is 3.66. The van der Waals surface area contributed by atoms with Crippen LogP contribution in [0.4, 0.5) is 0 Å². The summed E-state index contributed by atoms with van der Waals surface area (Å²) in [4.78, 5) is 11.3. The summed E-state index contributed by atoms with van der Waals surface area (Å²) in [5.41, 5.74) is 2.64. The average molecular weight is 222 g/mol. The number of aryl methyl sites for hydroxylation is 2. The number of ether oxygens (including phenoxy) is 1. The molecule has 3 heteroatoms. The van der Waals surface area contributed by atoms with Crippen molar-refractivity contribution in [1.82, 2.24) is 0 Å². The lowest BCUT2D eigenvalue weighted by Crippen LogP contribution is -2.05. The quantitative estimate of drug-likeness (QED) is 0.793. The molecule has 0 aliphatic heterocycles. The van der Waals surface area contributed by atoms with Crippen molar-refractivity contribution < 1.29 is 14.6 Å². The molecular weight excluding hydrogens is 204 g/mol. The monoisotopic (exact) mass is 222 g/mol. The van der Waals surface area contributed by atoms with E-state index >= 15 is 0 Å². The molecule has 0 aliphatic carbocycles. The minimum absolute atomic E-state index is 0.291. The molecule has 0 saturated heterocycles.